The van der Waals surface area contributed by atoms with E-state index in [2.05, 4.69) is 51.5 Å². The number of ketones is 1. The van der Waals surface area contributed by atoms with Crippen LogP contribution in [0.4, 0.5) is 5.69 Å². The van der Waals surface area contributed by atoms with Gasteiger partial charge < -0.3 is 19.8 Å². The van der Waals surface area contributed by atoms with Crippen molar-refractivity contribution in [3.63, 3.8) is 0 Å². The van der Waals surface area contributed by atoms with Crippen molar-refractivity contribution in [2.75, 3.05) is 11.8 Å². The molecule has 0 saturated heterocycles. The molecule has 5 rings (SSSR count). The third-order valence-electron chi connectivity index (χ3n) is 10.9. The predicted molar refractivity (Wildman–Crippen MR) is 151 cm³/mol. The minimum Gasteiger partial charge on any atom is -0.482 e. The number of Topliss-reactive ketones (excluding diaryl/α,β-unsaturated/α-hetero) is 1. The lowest BCUT2D eigenvalue weighted by molar-refractivity contribution is -0.207. The molecule has 4 aliphatic rings. The molecule has 38 heavy (non-hydrogen) atoms. The van der Waals surface area contributed by atoms with Gasteiger partial charge >= 0.3 is 5.97 Å². The standard InChI is InChI=1S/C31H42BNO5/c1-7-29(4)17-25(38-26(35)18-37-22-9-8-21-12-15-32(6)33-23(21)16-22)30(5)19(2)10-13-31(20(3)28(29)36)14-11-24(34)27(30)31/h7-9,12,15-16,19-20,25,27-28,33,36H,1,10-11,13-14,17-18H2,2-6H3/t19-,20-,25+,27-,28-,29+,30-,31-/m0/s1. The van der Waals surface area contributed by atoms with Gasteiger partial charge in [-0.1, -0.05) is 52.6 Å². The summed E-state index contributed by atoms with van der Waals surface area (Å²) in [4.78, 5) is 26.8. The van der Waals surface area contributed by atoms with E-state index in [4.69, 9.17) is 9.47 Å². The SMILES string of the molecule is C=C[C@]1(C)C[C@@H](OC(=O)COc2ccc3c(c2)NB(C)C=C3)[C@@]2(C)[C@@H]3C(=O)CC[C@@]3(CC[C@@H]2C)[C@@H](C)[C@@H]1O. The Kier molecular flexibility index (Phi) is 6.82. The Labute approximate surface area is 227 Å². The average Bonchev–Trinajstić information content (AvgIpc) is 3.25. The van der Waals surface area contributed by atoms with Crippen molar-refractivity contribution in [1.82, 2.24) is 0 Å². The number of rotatable bonds is 5. The Bertz CT molecular complexity index is 1170. The summed E-state index contributed by atoms with van der Waals surface area (Å²) in [6.07, 6.45) is 6.26. The number of carbonyl (C=O) groups excluding carboxylic acids is 2. The molecule has 8 atom stereocenters. The molecule has 1 aromatic carbocycles. The highest BCUT2D eigenvalue weighted by atomic mass is 16.6. The quantitative estimate of drug-likeness (QED) is 0.301. The highest BCUT2D eigenvalue weighted by molar-refractivity contribution is 6.67. The van der Waals surface area contributed by atoms with Gasteiger partial charge in [0.05, 0.1) is 6.10 Å². The second kappa shape index (κ2) is 9.58. The van der Waals surface area contributed by atoms with Crippen LogP contribution in [0.2, 0.25) is 6.82 Å². The topological polar surface area (TPSA) is 84.9 Å². The summed E-state index contributed by atoms with van der Waals surface area (Å²) in [5.74, 6) is 2.39. The van der Waals surface area contributed by atoms with Crippen LogP contribution in [0, 0.1) is 34.0 Å². The zero-order valence-corrected chi connectivity index (χ0v) is 23.5. The summed E-state index contributed by atoms with van der Waals surface area (Å²) in [5, 5.41) is 15.1. The van der Waals surface area contributed by atoms with E-state index in [-0.39, 0.29) is 42.4 Å². The number of aliphatic hydroxyl groups excluding tert-OH is 1. The zero-order valence-electron chi connectivity index (χ0n) is 23.5. The smallest absolute Gasteiger partial charge is 0.344 e. The fraction of sp³-hybridized carbons (Fsp3) is 0.613. The van der Waals surface area contributed by atoms with Crippen LogP contribution in [-0.4, -0.2) is 42.5 Å². The molecule has 2 N–H and O–H groups in total. The first kappa shape index (κ1) is 27.0. The maximum atomic E-state index is 13.5. The Balaban J connectivity index is 1.42. The third kappa shape index (κ3) is 4.13. The first-order chi connectivity index (χ1) is 17.9. The number of hydrogen-bond acceptors (Lipinski definition) is 6. The molecule has 3 saturated carbocycles. The van der Waals surface area contributed by atoms with E-state index < -0.39 is 29.0 Å². The molecule has 0 radical (unpaired) electrons. The summed E-state index contributed by atoms with van der Waals surface area (Å²) in [6, 6.07) is 5.72. The van der Waals surface area contributed by atoms with Crippen LogP contribution < -0.4 is 9.96 Å². The van der Waals surface area contributed by atoms with E-state index in [0.29, 0.717) is 18.6 Å². The molecule has 0 spiro atoms. The van der Waals surface area contributed by atoms with E-state index >= 15 is 0 Å². The molecule has 3 aliphatic carbocycles. The first-order valence-electron chi connectivity index (χ1n) is 14.2. The van der Waals surface area contributed by atoms with Gasteiger partial charge in [-0.3, -0.25) is 4.79 Å². The van der Waals surface area contributed by atoms with Crippen LogP contribution in [-0.2, 0) is 14.3 Å². The lowest BCUT2D eigenvalue weighted by Gasteiger charge is -2.61. The number of hydrogen-bond donors (Lipinski definition) is 2. The average molecular weight is 519 g/mol. The summed E-state index contributed by atoms with van der Waals surface area (Å²) in [7, 11) is 0. The van der Waals surface area contributed by atoms with Gasteiger partial charge in [-0.25, -0.2) is 4.79 Å². The van der Waals surface area contributed by atoms with Crippen molar-refractivity contribution < 1.29 is 24.2 Å². The molecule has 1 aliphatic heterocycles. The monoisotopic (exact) mass is 519 g/mol. The van der Waals surface area contributed by atoms with Gasteiger partial charge in [0.2, 0.25) is 0 Å². The van der Waals surface area contributed by atoms with Crippen molar-refractivity contribution in [2.45, 2.75) is 78.8 Å². The van der Waals surface area contributed by atoms with Crippen LogP contribution in [0.1, 0.15) is 65.4 Å². The predicted octanol–water partition coefficient (Wildman–Crippen LogP) is 5.57. The van der Waals surface area contributed by atoms with Gasteiger partial charge in [0, 0.05) is 34.9 Å². The Morgan fingerprint density at radius 3 is 2.79 bits per heavy atom. The number of anilines is 1. The molecule has 204 valence electrons. The number of fused-ring (bicyclic) bond motifs is 1. The van der Waals surface area contributed by atoms with Crippen molar-refractivity contribution in [1.29, 1.82) is 0 Å². The van der Waals surface area contributed by atoms with Crippen LogP contribution in [0.25, 0.3) is 6.08 Å². The van der Waals surface area contributed by atoms with Gasteiger partial charge in [0.25, 0.3) is 6.85 Å². The van der Waals surface area contributed by atoms with E-state index in [9.17, 15) is 14.7 Å². The molecule has 2 bridgehead atoms. The molecule has 1 aromatic rings. The van der Waals surface area contributed by atoms with E-state index in [1.807, 2.05) is 31.2 Å². The van der Waals surface area contributed by atoms with Gasteiger partial charge in [0.1, 0.15) is 17.6 Å². The fourth-order valence-electron chi connectivity index (χ4n) is 8.27. The largest absolute Gasteiger partial charge is 0.482 e. The van der Waals surface area contributed by atoms with E-state index in [1.54, 1.807) is 0 Å². The number of nitrogens with one attached hydrogen (secondary N) is 1. The molecule has 3 fully saturated rings. The van der Waals surface area contributed by atoms with Crippen LogP contribution >= 0.6 is 0 Å². The number of aliphatic hydroxyl groups is 1. The van der Waals surface area contributed by atoms with Crippen LogP contribution in [0.5, 0.6) is 5.75 Å². The first-order valence-corrected chi connectivity index (χ1v) is 14.2. The van der Waals surface area contributed by atoms with Crippen molar-refractivity contribution in [3.05, 3.63) is 42.4 Å². The van der Waals surface area contributed by atoms with Crippen LogP contribution in [0.15, 0.2) is 36.8 Å². The highest BCUT2D eigenvalue weighted by Crippen LogP contribution is 2.68. The lowest BCUT2D eigenvalue weighted by atomic mass is 9.44. The normalized spacial score (nSPS) is 39.8. The van der Waals surface area contributed by atoms with Crippen molar-refractivity contribution in [2.24, 2.45) is 34.0 Å². The molecule has 0 unspecified atom stereocenters. The molecule has 6 nitrogen and oxygen atoms in total. The maximum Gasteiger partial charge on any atom is 0.344 e. The number of benzene rings is 1. The fourth-order valence-corrected chi connectivity index (χ4v) is 8.27. The molecule has 0 amide bonds. The van der Waals surface area contributed by atoms with Gasteiger partial charge in [0.15, 0.2) is 6.61 Å². The molecule has 7 heteroatoms. The zero-order chi connectivity index (χ0) is 27.5. The second-order valence-electron chi connectivity index (χ2n) is 12.9. The Morgan fingerprint density at radius 1 is 1.29 bits per heavy atom. The lowest BCUT2D eigenvalue weighted by Crippen LogP contribution is -2.63. The minimum atomic E-state index is -0.678. The second-order valence-corrected chi connectivity index (χ2v) is 12.9. The number of ether oxygens (including phenoxy) is 2. The van der Waals surface area contributed by atoms with E-state index in [1.165, 1.54) is 0 Å². The summed E-state index contributed by atoms with van der Waals surface area (Å²) in [5.41, 5.74) is 0.578. The van der Waals surface area contributed by atoms with Crippen molar-refractivity contribution >= 4 is 30.4 Å². The van der Waals surface area contributed by atoms with Gasteiger partial charge in [-0.2, -0.15) is 0 Å². The summed E-state index contributed by atoms with van der Waals surface area (Å²) >= 11 is 0. The van der Waals surface area contributed by atoms with Gasteiger partial charge in [-0.05, 0) is 60.6 Å². The minimum absolute atomic E-state index is 0.0519. The Morgan fingerprint density at radius 2 is 2.05 bits per heavy atom. The molecule has 1 heterocycles. The summed E-state index contributed by atoms with van der Waals surface area (Å²) in [6.45, 7) is 14.6. The van der Waals surface area contributed by atoms with Crippen molar-refractivity contribution in [3.8, 4) is 5.75 Å². The maximum absolute atomic E-state index is 13.5. The third-order valence-corrected chi connectivity index (χ3v) is 10.9. The highest BCUT2D eigenvalue weighted by Gasteiger charge is 2.68. The molecule has 0 aromatic heterocycles. The molecular weight excluding hydrogens is 477 g/mol. The number of carbonyl (C=O) groups is 2. The van der Waals surface area contributed by atoms with Crippen LogP contribution in [0.3, 0.4) is 0 Å². The Hall–Kier alpha value is -2.54. The van der Waals surface area contributed by atoms with E-state index in [0.717, 1.165) is 30.5 Å². The van der Waals surface area contributed by atoms with Gasteiger partial charge in [-0.15, -0.1) is 6.58 Å². The summed E-state index contributed by atoms with van der Waals surface area (Å²) < 4.78 is 12.1. The number of esters is 1. The molecular formula is C31H42BNO5.